The van der Waals surface area contributed by atoms with Gasteiger partial charge in [0.1, 0.15) is 0 Å². The van der Waals surface area contributed by atoms with Crippen molar-refractivity contribution in [3.05, 3.63) is 29.3 Å². The number of fused-ring (bicyclic) bond motifs is 2. The van der Waals surface area contributed by atoms with Crippen molar-refractivity contribution in [3.8, 4) is 0 Å². The van der Waals surface area contributed by atoms with Gasteiger partial charge in [-0.05, 0) is 49.8 Å². The summed E-state index contributed by atoms with van der Waals surface area (Å²) in [5.74, 6) is 1.03. The number of piperidine rings is 1. The molecule has 96 valence electrons. The summed E-state index contributed by atoms with van der Waals surface area (Å²) in [4.78, 5) is 2.44. The van der Waals surface area contributed by atoms with E-state index >= 15 is 0 Å². The van der Waals surface area contributed by atoms with Crippen molar-refractivity contribution in [2.45, 2.75) is 32.2 Å². The predicted octanol–water partition coefficient (Wildman–Crippen LogP) is 2.08. The van der Waals surface area contributed by atoms with E-state index in [2.05, 4.69) is 23.0 Å². The average Bonchev–Trinajstić information content (AvgIpc) is 3.00. The Morgan fingerprint density at radius 1 is 1.44 bits per heavy atom. The van der Waals surface area contributed by atoms with E-state index < -0.39 is 0 Å². The van der Waals surface area contributed by atoms with Gasteiger partial charge >= 0.3 is 0 Å². The summed E-state index contributed by atoms with van der Waals surface area (Å²) in [6.07, 6.45) is 3.92. The van der Waals surface area contributed by atoms with Crippen LogP contribution in [0.2, 0.25) is 0 Å². The molecule has 1 heterocycles. The monoisotopic (exact) mass is 245 g/mol. The minimum atomic E-state index is 0.202. The fourth-order valence-electron chi connectivity index (χ4n) is 3.37. The molecule has 3 N–H and O–H groups in total. The molecule has 1 aliphatic heterocycles. The van der Waals surface area contributed by atoms with Crippen molar-refractivity contribution in [3.63, 3.8) is 0 Å². The fourth-order valence-corrected chi connectivity index (χ4v) is 3.37. The van der Waals surface area contributed by atoms with E-state index in [0.717, 1.165) is 23.7 Å². The van der Waals surface area contributed by atoms with Gasteiger partial charge in [0.15, 0.2) is 5.84 Å². The Hall–Kier alpha value is -1.71. The zero-order valence-electron chi connectivity index (χ0n) is 10.6. The normalized spacial score (nSPS) is 26.9. The molecule has 2 atom stereocenters. The summed E-state index contributed by atoms with van der Waals surface area (Å²) in [6.45, 7) is 3.19. The number of nitrogens with two attached hydrogens (primary N) is 1. The first-order valence-corrected chi connectivity index (χ1v) is 6.54. The summed E-state index contributed by atoms with van der Waals surface area (Å²) in [6, 6.07) is 6.74. The molecule has 0 aromatic heterocycles. The van der Waals surface area contributed by atoms with Crippen LogP contribution < -0.4 is 10.6 Å². The highest BCUT2D eigenvalue weighted by molar-refractivity contribution is 6.02. The maximum Gasteiger partial charge on any atom is 0.172 e. The Balaban J connectivity index is 2.02. The Morgan fingerprint density at radius 2 is 2.28 bits per heavy atom. The van der Waals surface area contributed by atoms with Gasteiger partial charge in [-0.25, -0.2) is 0 Å². The van der Waals surface area contributed by atoms with E-state index in [1.165, 1.54) is 24.8 Å². The second-order valence-corrected chi connectivity index (χ2v) is 5.49. The lowest BCUT2D eigenvalue weighted by Crippen LogP contribution is -2.33. The third kappa shape index (κ3) is 1.72. The van der Waals surface area contributed by atoms with Crippen molar-refractivity contribution in [2.75, 3.05) is 11.4 Å². The van der Waals surface area contributed by atoms with Gasteiger partial charge in [0.05, 0.1) is 0 Å². The number of aryl methyl sites for hydroxylation is 1. The number of rotatable bonds is 2. The van der Waals surface area contributed by atoms with E-state index in [4.69, 9.17) is 10.9 Å². The molecule has 3 rings (SSSR count). The molecule has 0 spiro atoms. The maximum atomic E-state index is 8.90. The standard InChI is InChI=1S/C14H19N3O/c1-9-2-5-12(14(15)16-18)13(6-9)17-8-10-3-4-11(17)7-10/h2,5-6,10-11,18H,3-4,7-8H2,1H3,(H2,15,16). The van der Waals surface area contributed by atoms with Crippen LogP contribution in [0.1, 0.15) is 30.4 Å². The van der Waals surface area contributed by atoms with Crippen LogP contribution in [0.3, 0.4) is 0 Å². The van der Waals surface area contributed by atoms with Gasteiger partial charge in [0, 0.05) is 23.8 Å². The van der Waals surface area contributed by atoms with Crippen LogP contribution in [0, 0.1) is 12.8 Å². The van der Waals surface area contributed by atoms with Crippen LogP contribution in [0.25, 0.3) is 0 Å². The van der Waals surface area contributed by atoms with E-state index in [0.29, 0.717) is 6.04 Å². The number of anilines is 1. The number of hydrogen-bond acceptors (Lipinski definition) is 3. The minimum absolute atomic E-state index is 0.202. The Kier molecular flexibility index (Phi) is 2.65. The first-order chi connectivity index (χ1) is 8.69. The molecule has 1 saturated heterocycles. The summed E-state index contributed by atoms with van der Waals surface area (Å²) >= 11 is 0. The summed E-state index contributed by atoms with van der Waals surface area (Å²) in [5.41, 5.74) is 8.96. The molecule has 0 amide bonds. The predicted molar refractivity (Wildman–Crippen MR) is 72.2 cm³/mol. The largest absolute Gasteiger partial charge is 0.409 e. The third-order valence-electron chi connectivity index (χ3n) is 4.26. The van der Waals surface area contributed by atoms with Crippen molar-refractivity contribution in [2.24, 2.45) is 16.8 Å². The number of amidine groups is 1. The Morgan fingerprint density at radius 3 is 2.89 bits per heavy atom. The maximum absolute atomic E-state index is 8.90. The Labute approximate surface area is 107 Å². The van der Waals surface area contributed by atoms with Crippen LogP contribution in [0.4, 0.5) is 5.69 Å². The lowest BCUT2D eigenvalue weighted by Gasteiger charge is -2.31. The Bertz CT molecular complexity index is 498. The second kappa shape index (κ2) is 4.19. The van der Waals surface area contributed by atoms with Gasteiger partial charge in [0.25, 0.3) is 0 Å². The summed E-state index contributed by atoms with van der Waals surface area (Å²) in [7, 11) is 0. The van der Waals surface area contributed by atoms with Crippen LogP contribution in [0.15, 0.2) is 23.4 Å². The number of hydrogen-bond donors (Lipinski definition) is 2. The highest BCUT2D eigenvalue weighted by Crippen LogP contribution is 2.41. The van der Waals surface area contributed by atoms with Gasteiger partial charge < -0.3 is 15.8 Å². The zero-order valence-corrected chi connectivity index (χ0v) is 10.6. The highest BCUT2D eigenvalue weighted by Gasteiger charge is 2.38. The van der Waals surface area contributed by atoms with Crippen molar-refractivity contribution < 1.29 is 5.21 Å². The van der Waals surface area contributed by atoms with E-state index in [9.17, 15) is 0 Å². The summed E-state index contributed by atoms with van der Waals surface area (Å²) in [5, 5.41) is 12.1. The van der Waals surface area contributed by atoms with Crippen LogP contribution >= 0.6 is 0 Å². The molecule has 1 saturated carbocycles. The molecule has 18 heavy (non-hydrogen) atoms. The van der Waals surface area contributed by atoms with Gasteiger partial charge in [0.2, 0.25) is 0 Å². The lowest BCUT2D eigenvalue weighted by molar-refractivity contribution is 0.318. The van der Waals surface area contributed by atoms with Crippen LogP contribution in [0.5, 0.6) is 0 Å². The van der Waals surface area contributed by atoms with Crippen molar-refractivity contribution >= 4 is 11.5 Å². The zero-order chi connectivity index (χ0) is 12.7. The van der Waals surface area contributed by atoms with Crippen LogP contribution in [-0.4, -0.2) is 23.6 Å². The number of oxime groups is 1. The van der Waals surface area contributed by atoms with Gasteiger partial charge in [-0.1, -0.05) is 11.2 Å². The van der Waals surface area contributed by atoms with Crippen molar-refractivity contribution in [1.29, 1.82) is 0 Å². The molecule has 1 aromatic carbocycles. The van der Waals surface area contributed by atoms with Crippen LogP contribution in [-0.2, 0) is 0 Å². The molecule has 2 bridgehead atoms. The molecular weight excluding hydrogens is 226 g/mol. The lowest BCUT2D eigenvalue weighted by atomic mass is 10.0. The number of nitrogens with zero attached hydrogens (tertiary/aromatic N) is 2. The van der Waals surface area contributed by atoms with E-state index in [1.54, 1.807) is 0 Å². The molecule has 1 aromatic rings. The minimum Gasteiger partial charge on any atom is -0.409 e. The molecule has 4 nitrogen and oxygen atoms in total. The quantitative estimate of drug-likeness (QED) is 0.363. The second-order valence-electron chi connectivity index (χ2n) is 5.49. The molecule has 2 aliphatic rings. The molecule has 2 fully saturated rings. The smallest absolute Gasteiger partial charge is 0.172 e. The number of benzene rings is 1. The highest BCUT2D eigenvalue weighted by atomic mass is 16.4. The molecule has 4 heteroatoms. The fraction of sp³-hybridized carbons (Fsp3) is 0.500. The average molecular weight is 245 g/mol. The van der Waals surface area contributed by atoms with Crippen molar-refractivity contribution in [1.82, 2.24) is 0 Å². The third-order valence-corrected chi connectivity index (χ3v) is 4.26. The molecule has 0 radical (unpaired) electrons. The first-order valence-electron chi connectivity index (χ1n) is 6.54. The molecule has 1 aliphatic carbocycles. The topological polar surface area (TPSA) is 61.9 Å². The first kappa shape index (κ1) is 11.4. The van der Waals surface area contributed by atoms with Gasteiger partial charge in [-0.3, -0.25) is 0 Å². The summed E-state index contributed by atoms with van der Waals surface area (Å²) < 4.78 is 0. The SMILES string of the molecule is Cc1ccc(/C(N)=N/O)c(N2CC3CCC2C3)c1. The van der Waals surface area contributed by atoms with Gasteiger partial charge in [-0.15, -0.1) is 0 Å². The van der Waals surface area contributed by atoms with E-state index in [1.807, 2.05) is 12.1 Å². The molecular formula is C14H19N3O. The van der Waals surface area contributed by atoms with E-state index in [-0.39, 0.29) is 5.84 Å². The molecule has 2 unspecified atom stereocenters. The van der Waals surface area contributed by atoms with Gasteiger partial charge in [-0.2, -0.15) is 0 Å².